The molecule has 4 nitrogen and oxygen atoms in total. The first-order valence-electron chi connectivity index (χ1n) is 8.44. The van der Waals surface area contributed by atoms with E-state index in [9.17, 15) is 5.11 Å². The molecule has 0 amide bonds. The summed E-state index contributed by atoms with van der Waals surface area (Å²) in [4.78, 5) is 4.48. The maximum Gasteiger partial charge on any atom is 0.135 e. The third kappa shape index (κ3) is 3.60. The molecule has 0 aliphatic heterocycles. The van der Waals surface area contributed by atoms with Crippen LogP contribution in [-0.4, -0.2) is 21.3 Å². The van der Waals surface area contributed by atoms with E-state index in [1.54, 1.807) is 0 Å². The lowest BCUT2D eigenvalue weighted by atomic mass is 10.1. The van der Waals surface area contributed by atoms with E-state index in [2.05, 4.69) is 35.5 Å². The Labute approximate surface area is 142 Å². The SMILES string of the molecule is Cc1ccc(OCCCCn2c(CO)nc3ccccc32)cc1C. The van der Waals surface area contributed by atoms with E-state index in [1.807, 2.05) is 30.3 Å². The van der Waals surface area contributed by atoms with E-state index in [0.29, 0.717) is 6.61 Å². The van der Waals surface area contributed by atoms with Gasteiger partial charge in [-0.3, -0.25) is 0 Å². The van der Waals surface area contributed by atoms with Gasteiger partial charge in [0.05, 0.1) is 17.6 Å². The molecule has 0 bridgehead atoms. The first kappa shape index (κ1) is 16.5. The van der Waals surface area contributed by atoms with Crippen LogP contribution in [0, 0.1) is 13.8 Å². The topological polar surface area (TPSA) is 47.3 Å². The molecule has 3 rings (SSSR count). The molecule has 1 heterocycles. The summed E-state index contributed by atoms with van der Waals surface area (Å²) < 4.78 is 7.93. The van der Waals surface area contributed by atoms with Gasteiger partial charge < -0.3 is 14.4 Å². The van der Waals surface area contributed by atoms with E-state index in [-0.39, 0.29) is 6.61 Å². The molecule has 3 aromatic rings. The zero-order valence-electron chi connectivity index (χ0n) is 14.3. The molecule has 1 N–H and O–H groups in total. The summed E-state index contributed by atoms with van der Waals surface area (Å²) in [7, 11) is 0. The Morgan fingerprint density at radius 3 is 2.67 bits per heavy atom. The predicted octanol–water partition coefficient (Wildman–Crippen LogP) is 4.00. The molecule has 0 radical (unpaired) electrons. The molecule has 4 heteroatoms. The summed E-state index contributed by atoms with van der Waals surface area (Å²) in [5.41, 5.74) is 4.56. The zero-order valence-corrected chi connectivity index (χ0v) is 14.3. The largest absolute Gasteiger partial charge is 0.494 e. The molecule has 0 spiro atoms. The number of nitrogens with zero attached hydrogens (tertiary/aromatic N) is 2. The van der Waals surface area contributed by atoms with Crippen molar-refractivity contribution >= 4 is 11.0 Å². The van der Waals surface area contributed by atoms with Gasteiger partial charge >= 0.3 is 0 Å². The van der Waals surface area contributed by atoms with Crippen molar-refractivity contribution in [2.75, 3.05) is 6.61 Å². The molecule has 0 saturated carbocycles. The number of aliphatic hydroxyl groups is 1. The van der Waals surface area contributed by atoms with Crippen LogP contribution in [0.5, 0.6) is 5.75 Å². The number of imidazole rings is 1. The van der Waals surface area contributed by atoms with Gasteiger partial charge in [0.15, 0.2) is 0 Å². The molecule has 0 aliphatic carbocycles. The highest BCUT2D eigenvalue weighted by Gasteiger charge is 2.08. The Bertz CT molecular complexity index is 824. The van der Waals surface area contributed by atoms with Crippen molar-refractivity contribution in [3.63, 3.8) is 0 Å². The van der Waals surface area contributed by atoms with Gasteiger partial charge in [0, 0.05) is 6.54 Å². The third-order valence-electron chi connectivity index (χ3n) is 4.40. The van der Waals surface area contributed by atoms with Gasteiger partial charge in [-0.2, -0.15) is 0 Å². The molecule has 1 aromatic heterocycles. The number of aryl methyl sites for hydroxylation is 3. The lowest BCUT2D eigenvalue weighted by molar-refractivity contribution is 0.263. The van der Waals surface area contributed by atoms with E-state index < -0.39 is 0 Å². The molecule has 0 saturated heterocycles. The van der Waals surface area contributed by atoms with Crippen LogP contribution in [0.4, 0.5) is 0 Å². The number of unbranched alkanes of at least 4 members (excludes halogenated alkanes) is 1. The number of fused-ring (bicyclic) bond motifs is 1. The van der Waals surface area contributed by atoms with Crippen LogP contribution in [0.25, 0.3) is 11.0 Å². The van der Waals surface area contributed by atoms with Crippen molar-refractivity contribution in [2.45, 2.75) is 39.8 Å². The van der Waals surface area contributed by atoms with E-state index in [0.717, 1.165) is 42.0 Å². The number of para-hydroxylation sites is 2. The Kier molecular flexibility index (Phi) is 5.16. The van der Waals surface area contributed by atoms with E-state index in [1.165, 1.54) is 11.1 Å². The maximum absolute atomic E-state index is 9.51. The van der Waals surface area contributed by atoms with Gasteiger partial charge in [-0.1, -0.05) is 18.2 Å². The normalized spacial score (nSPS) is 11.1. The van der Waals surface area contributed by atoms with Crippen molar-refractivity contribution < 1.29 is 9.84 Å². The minimum atomic E-state index is -0.0339. The van der Waals surface area contributed by atoms with Crippen molar-refractivity contribution in [2.24, 2.45) is 0 Å². The highest BCUT2D eigenvalue weighted by molar-refractivity contribution is 5.75. The number of hydrogen-bond acceptors (Lipinski definition) is 3. The number of rotatable bonds is 7. The number of aromatic nitrogens is 2. The summed E-state index contributed by atoms with van der Waals surface area (Å²) in [6.07, 6.45) is 1.95. The van der Waals surface area contributed by atoms with Crippen LogP contribution in [-0.2, 0) is 13.2 Å². The lowest BCUT2D eigenvalue weighted by Gasteiger charge is -2.10. The lowest BCUT2D eigenvalue weighted by Crippen LogP contribution is -2.06. The van der Waals surface area contributed by atoms with Crippen LogP contribution < -0.4 is 4.74 Å². The highest BCUT2D eigenvalue weighted by Crippen LogP contribution is 2.18. The van der Waals surface area contributed by atoms with E-state index >= 15 is 0 Å². The number of aliphatic hydroxyl groups excluding tert-OH is 1. The molecular weight excluding hydrogens is 300 g/mol. The summed E-state index contributed by atoms with van der Waals surface area (Å²) in [5.74, 6) is 1.66. The molecular formula is C20H24N2O2. The molecule has 126 valence electrons. The van der Waals surface area contributed by atoms with Crippen molar-refractivity contribution in [1.82, 2.24) is 9.55 Å². The fourth-order valence-electron chi connectivity index (χ4n) is 2.86. The minimum Gasteiger partial charge on any atom is -0.494 e. The Balaban J connectivity index is 1.54. The first-order valence-corrected chi connectivity index (χ1v) is 8.44. The molecule has 0 fully saturated rings. The van der Waals surface area contributed by atoms with Crippen molar-refractivity contribution in [3.8, 4) is 5.75 Å². The number of ether oxygens (including phenoxy) is 1. The molecule has 0 aliphatic rings. The quantitative estimate of drug-likeness (QED) is 0.668. The fraction of sp³-hybridized carbons (Fsp3) is 0.350. The van der Waals surface area contributed by atoms with E-state index in [4.69, 9.17) is 4.74 Å². The second-order valence-electron chi connectivity index (χ2n) is 6.13. The molecule has 0 unspecified atom stereocenters. The summed E-state index contributed by atoms with van der Waals surface area (Å²) in [6.45, 7) is 5.71. The second-order valence-corrected chi connectivity index (χ2v) is 6.13. The van der Waals surface area contributed by atoms with Crippen LogP contribution >= 0.6 is 0 Å². The Morgan fingerprint density at radius 1 is 1.04 bits per heavy atom. The Hall–Kier alpha value is -2.33. The average Bonchev–Trinajstić information content (AvgIpc) is 2.95. The second kappa shape index (κ2) is 7.49. The van der Waals surface area contributed by atoms with Gasteiger partial charge in [0.2, 0.25) is 0 Å². The molecule has 24 heavy (non-hydrogen) atoms. The highest BCUT2D eigenvalue weighted by atomic mass is 16.5. The third-order valence-corrected chi connectivity index (χ3v) is 4.40. The number of hydrogen-bond donors (Lipinski definition) is 1. The number of benzene rings is 2. The summed E-state index contributed by atoms with van der Waals surface area (Å²) >= 11 is 0. The smallest absolute Gasteiger partial charge is 0.135 e. The van der Waals surface area contributed by atoms with Crippen LogP contribution in [0.15, 0.2) is 42.5 Å². The maximum atomic E-state index is 9.51. The van der Waals surface area contributed by atoms with Gasteiger partial charge in [-0.25, -0.2) is 4.98 Å². The van der Waals surface area contributed by atoms with Gasteiger partial charge in [0.1, 0.15) is 18.2 Å². The van der Waals surface area contributed by atoms with Crippen molar-refractivity contribution in [1.29, 1.82) is 0 Å². The molecule has 2 aromatic carbocycles. The minimum absolute atomic E-state index is 0.0339. The van der Waals surface area contributed by atoms with Gasteiger partial charge in [-0.05, 0) is 62.1 Å². The monoisotopic (exact) mass is 324 g/mol. The summed E-state index contributed by atoms with van der Waals surface area (Å²) in [6, 6.07) is 14.2. The average molecular weight is 324 g/mol. The fourth-order valence-corrected chi connectivity index (χ4v) is 2.86. The van der Waals surface area contributed by atoms with Gasteiger partial charge in [-0.15, -0.1) is 0 Å². The van der Waals surface area contributed by atoms with Crippen molar-refractivity contribution in [3.05, 3.63) is 59.4 Å². The predicted molar refractivity (Wildman–Crippen MR) is 96.3 cm³/mol. The van der Waals surface area contributed by atoms with Crippen LogP contribution in [0.1, 0.15) is 29.8 Å². The van der Waals surface area contributed by atoms with Crippen LogP contribution in [0.2, 0.25) is 0 Å². The molecule has 0 atom stereocenters. The van der Waals surface area contributed by atoms with Crippen LogP contribution in [0.3, 0.4) is 0 Å². The Morgan fingerprint density at radius 2 is 1.88 bits per heavy atom. The zero-order chi connectivity index (χ0) is 16.9. The van der Waals surface area contributed by atoms with Gasteiger partial charge in [0.25, 0.3) is 0 Å². The standard InChI is InChI=1S/C20H24N2O2/c1-15-9-10-17(13-16(15)2)24-12-6-5-11-22-19-8-4-3-7-18(19)21-20(22)14-23/h3-4,7-10,13,23H,5-6,11-12,14H2,1-2H3. The first-order chi connectivity index (χ1) is 11.7. The summed E-state index contributed by atoms with van der Waals surface area (Å²) in [5, 5.41) is 9.51.